The minimum absolute atomic E-state index is 0.195. The summed E-state index contributed by atoms with van der Waals surface area (Å²) in [5.41, 5.74) is 3.08. The number of nitriles is 1. The molecule has 7 nitrogen and oxygen atoms in total. The molecule has 0 aliphatic carbocycles. The quantitative estimate of drug-likeness (QED) is 0.224. The number of nitrogens with one attached hydrogen (secondary N) is 1. The average Bonchev–Trinajstić information content (AvgIpc) is 3.12. The molecule has 35 heavy (non-hydrogen) atoms. The second-order valence-electron chi connectivity index (χ2n) is 7.69. The van der Waals surface area contributed by atoms with Crippen molar-refractivity contribution >= 4 is 40.6 Å². The van der Waals surface area contributed by atoms with E-state index in [-0.39, 0.29) is 24.8 Å². The van der Waals surface area contributed by atoms with Gasteiger partial charge in [-0.1, -0.05) is 48.5 Å². The van der Waals surface area contributed by atoms with E-state index in [9.17, 15) is 14.9 Å². The van der Waals surface area contributed by atoms with Gasteiger partial charge in [-0.2, -0.15) is 5.26 Å². The molecule has 3 aromatic rings. The molecule has 0 radical (unpaired) electrons. The lowest BCUT2D eigenvalue weighted by molar-refractivity contribution is -0.123. The highest BCUT2D eigenvalue weighted by atomic mass is 127. The summed E-state index contributed by atoms with van der Waals surface area (Å²) in [7, 11) is 0. The minimum atomic E-state index is -0.457. The van der Waals surface area contributed by atoms with Crippen LogP contribution in [0.15, 0.2) is 72.4 Å². The van der Waals surface area contributed by atoms with Crippen LogP contribution >= 0.6 is 22.6 Å². The summed E-state index contributed by atoms with van der Waals surface area (Å²) in [4.78, 5) is 26.5. The van der Waals surface area contributed by atoms with Crippen LogP contribution in [0, 0.1) is 14.9 Å². The van der Waals surface area contributed by atoms with E-state index in [1.54, 1.807) is 18.2 Å². The van der Waals surface area contributed by atoms with Gasteiger partial charge in [0.05, 0.1) is 28.4 Å². The van der Waals surface area contributed by atoms with Gasteiger partial charge in [0.15, 0.2) is 11.5 Å². The maximum absolute atomic E-state index is 12.9. The lowest BCUT2D eigenvalue weighted by atomic mass is 10.1. The SMILES string of the molecule is CCOc1cc(/C=C2/NC(=O)N(Cc3ccccc3)C2=O)cc(I)c1OCc1ccccc1C#N. The number of hydrogen-bond acceptors (Lipinski definition) is 5. The number of rotatable bonds is 8. The van der Waals surface area contributed by atoms with E-state index < -0.39 is 6.03 Å². The zero-order valence-electron chi connectivity index (χ0n) is 19.0. The van der Waals surface area contributed by atoms with Gasteiger partial charge >= 0.3 is 6.03 Å². The highest BCUT2D eigenvalue weighted by Gasteiger charge is 2.33. The molecule has 176 valence electrons. The highest BCUT2D eigenvalue weighted by molar-refractivity contribution is 14.1. The van der Waals surface area contributed by atoms with Crippen LogP contribution in [0.2, 0.25) is 0 Å². The second kappa shape index (κ2) is 11.1. The number of carbonyl (C=O) groups is 2. The third-order valence-corrected chi connectivity index (χ3v) is 6.10. The van der Waals surface area contributed by atoms with Crippen LogP contribution in [-0.4, -0.2) is 23.4 Å². The monoisotopic (exact) mass is 579 g/mol. The van der Waals surface area contributed by atoms with E-state index >= 15 is 0 Å². The Morgan fingerprint density at radius 1 is 1.06 bits per heavy atom. The van der Waals surface area contributed by atoms with Gasteiger partial charge in [0, 0.05) is 5.56 Å². The highest BCUT2D eigenvalue weighted by Crippen LogP contribution is 2.36. The molecule has 0 spiro atoms. The number of ether oxygens (including phenoxy) is 2. The molecule has 1 aliphatic heterocycles. The molecule has 8 heteroatoms. The van der Waals surface area contributed by atoms with Gasteiger partial charge in [-0.05, 0) is 64.9 Å². The van der Waals surface area contributed by atoms with E-state index in [1.165, 1.54) is 4.90 Å². The summed E-state index contributed by atoms with van der Waals surface area (Å²) in [5.74, 6) is 0.675. The fourth-order valence-corrected chi connectivity index (χ4v) is 4.41. The van der Waals surface area contributed by atoms with Gasteiger partial charge in [0.25, 0.3) is 5.91 Å². The van der Waals surface area contributed by atoms with Gasteiger partial charge in [-0.25, -0.2) is 4.79 Å². The predicted molar refractivity (Wildman–Crippen MR) is 139 cm³/mol. The topological polar surface area (TPSA) is 91.7 Å². The third-order valence-electron chi connectivity index (χ3n) is 5.30. The van der Waals surface area contributed by atoms with Crippen LogP contribution in [0.5, 0.6) is 11.5 Å². The van der Waals surface area contributed by atoms with Crippen LogP contribution < -0.4 is 14.8 Å². The van der Waals surface area contributed by atoms with E-state index in [2.05, 4.69) is 34.0 Å². The number of hydrogen-bond donors (Lipinski definition) is 1. The molecule has 1 aliphatic rings. The van der Waals surface area contributed by atoms with Crippen molar-refractivity contribution in [2.24, 2.45) is 0 Å². The van der Waals surface area contributed by atoms with Crippen molar-refractivity contribution in [1.82, 2.24) is 10.2 Å². The van der Waals surface area contributed by atoms with Crippen molar-refractivity contribution in [2.75, 3.05) is 6.61 Å². The zero-order chi connectivity index (χ0) is 24.8. The van der Waals surface area contributed by atoms with Crippen molar-refractivity contribution in [3.63, 3.8) is 0 Å². The molecule has 3 amide bonds. The first-order valence-corrected chi connectivity index (χ1v) is 12.0. The number of benzene rings is 3. The van der Waals surface area contributed by atoms with Crippen LogP contribution in [0.3, 0.4) is 0 Å². The number of amides is 3. The first-order valence-electron chi connectivity index (χ1n) is 11.0. The molecule has 0 aromatic heterocycles. The predicted octanol–water partition coefficient (Wildman–Crippen LogP) is 5.23. The van der Waals surface area contributed by atoms with Gasteiger partial charge in [0.2, 0.25) is 0 Å². The summed E-state index contributed by atoms with van der Waals surface area (Å²) < 4.78 is 12.6. The van der Waals surface area contributed by atoms with E-state index in [1.807, 2.05) is 61.5 Å². The number of carbonyl (C=O) groups excluding carboxylic acids is 2. The van der Waals surface area contributed by atoms with Crippen molar-refractivity contribution < 1.29 is 19.1 Å². The lowest BCUT2D eigenvalue weighted by Gasteiger charge is -2.15. The molecule has 3 aromatic carbocycles. The van der Waals surface area contributed by atoms with E-state index in [0.717, 1.165) is 14.7 Å². The van der Waals surface area contributed by atoms with Crippen LogP contribution in [0.1, 0.15) is 29.2 Å². The van der Waals surface area contributed by atoms with Crippen molar-refractivity contribution in [3.05, 3.63) is 98.3 Å². The Hall–Kier alpha value is -3.84. The molecule has 0 bridgehead atoms. The maximum atomic E-state index is 12.9. The number of nitrogens with zero attached hydrogens (tertiary/aromatic N) is 2. The smallest absolute Gasteiger partial charge is 0.329 e. The van der Waals surface area contributed by atoms with Gasteiger partial charge < -0.3 is 14.8 Å². The molecule has 1 fully saturated rings. The Morgan fingerprint density at radius 2 is 1.80 bits per heavy atom. The summed E-state index contributed by atoms with van der Waals surface area (Å²) in [6, 6.07) is 21.9. The summed E-state index contributed by atoms with van der Waals surface area (Å²) >= 11 is 2.15. The molecular formula is C27H22IN3O4. The van der Waals surface area contributed by atoms with Gasteiger partial charge in [-0.3, -0.25) is 9.69 Å². The van der Waals surface area contributed by atoms with Crippen molar-refractivity contribution in [2.45, 2.75) is 20.1 Å². The van der Waals surface area contributed by atoms with Gasteiger partial charge in [0.1, 0.15) is 12.3 Å². The Morgan fingerprint density at radius 3 is 2.54 bits per heavy atom. The standard InChI is InChI=1S/C27H22IN3O4/c1-2-34-24-14-19(12-22(28)25(24)35-17-21-11-7-6-10-20(21)15-29)13-23-26(32)31(27(33)30-23)16-18-8-4-3-5-9-18/h3-14H,2,16-17H2,1H3,(H,30,33)/b23-13+. The zero-order valence-corrected chi connectivity index (χ0v) is 21.1. The van der Waals surface area contributed by atoms with Crippen LogP contribution in [-0.2, 0) is 17.9 Å². The third kappa shape index (κ3) is 5.63. The average molecular weight is 579 g/mol. The summed E-state index contributed by atoms with van der Waals surface area (Å²) in [6.45, 7) is 2.70. The Balaban J connectivity index is 1.57. The molecule has 4 rings (SSSR count). The normalized spacial score (nSPS) is 14.1. The lowest BCUT2D eigenvalue weighted by Crippen LogP contribution is -2.30. The first kappa shape index (κ1) is 24.3. The van der Waals surface area contributed by atoms with E-state index in [0.29, 0.717) is 29.2 Å². The fraction of sp³-hybridized carbons (Fsp3) is 0.148. The van der Waals surface area contributed by atoms with Crippen LogP contribution in [0.25, 0.3) is 6.08 Å². The molecule has 1 heterocycles. The second-order valence-corrected chi connectivity index (χ2v) is 8.85. The molecule has 0 saturated carbocycles. The van der Waals surface area contributed by atoms with Crippen molar-refractivity contribution in [3.8, 4) is 17.6 Å². The molecule has 1 N–H and O–H groups in total. The van der Waals surface area contributed by atoms with Crippen LogP contribution in [0.4, 0.5) is 4.79 Å². The minimum Gasteiger partial charge on any atom is -0.490 e. The maximum Gasteiger partial charge on any atom is 0.329 e. The summed E-state index contributed by atoms with van der Waals surface area (Å²) in [6.07, 6.45) is 1.63. The largest absolute Gasteiger partial charge is 0.490 e. The van der Waals surface area contributed by atoms with Crippen molar-refractivity contribution in [1.29, 1.82) is 5.26 Å². The number of imide groups is 1. The first-order chi connectivity index (χ1) is 17.0. The number of halogens is 1. The Bertz CT molecular complexity index is 1330. The Labute approximate surface area is 217 Å². The van der Waals surface area contributed by atoms with E-state index in [4.69, 9.17) is 9.47 Å². The number of urea groups is 1. The fourth-order valence-electron chi connectivity index (χ4n) is 3.63. The van der Waals surface area contributed by atoms with Gasteiger partial charge in [-0.15, -0.1) is 0 Å². The molecule has 0 unspecified atom stereocenters. The Kier molecular flexibility index (Phi) is 7.67. The molecular weight excluding hydrogens is 557 g/mol. The molecule has 0 atom stereocenters. The molecule has 1 saturated heterocycles. The summed E-state index contributed by atoms with van der Waals surface area (Å²) in [5, 5.41) is 12.0.